The molecule has 0 spiro atoms. The normalized spacial score (nSPS) is 10.5. The highest BCUT2D eigenvalue weighted by molar-refractivity contribution is 5.95. The maximum atomic E-state index is 12.1. The highest BCUT2D eigenvalue weighted by atomic mass is 16.5. The summed E-state index contributed by atoms with van der Waals surface area (Å²) in [6.45, 7) is 2.37. The zero-order chi connectivity index (χ0) is 23.5. The van der Waals surface area contributed by atoms with Crippen molar-refractivity contribution in [1.82, 2.24) is 5.43 Å². The van der Waals surface area contributed by atoms with Crippen LogP contribution in [0.1, 0.15) is 22.8 Å². The van der Waals surface area contributed by atoms with E-state index in [9.17, 15) is 9.59 Å². The number of methoxy groups -OCH3 is 1. The van der Waals surface area contributed by atoms with Gasteiger partial charge in [0, 0.05) is 11.3 Å². The lowest BCUT2D eigenvalue weighted by Gasteiger charge is -2.09. The quantitative estimate of drug-likeness (QED) is 0.363. The summed E-state index contributed by atoms with van der Waals surface area (Å²) in [4.78, 5) is 24.2. The van der Waals surface area contributed by atoms with Crippen molar-refractivity contribution in [1.29, 1.82) is 0 Å². The fourth-order valence-electron chi connectivity index (χ4n) is 2.77. The standard InChI is InChI=1S/C25H25N3O5/c1-3-32-22-14-8-20(9-15-22)27-24(29)17-33-23-10-4-18(5-11-23)16-26-28-25(30)19-6-12-21(31-2)13-7-19/h4-16H,3,17H2,1-2H3,(H,27,29)(H,28,30)/b26-16-. The lowest BCUT2D eigenvalue weighted by atomic mass is 10.2. The number of rotatable bonds is 10. The summed E-state index contributed by atoms with van der Waals surface area (Å²) in [7, 11) is 1.56. The van der Waals surface area contributed by atoms with E-state index in [0.717, 1.165) is 11.3 Å². The van der Waals surface area contributed by atoms with E-state index in [-0.39, 0.29) is 18.4 Å². The number of nitrogens with one attached hydrogen (secondary N) is 2. The van der Waals surface area contributed by atoms with Gasteiger partial charge in [-0.15, -0.1) is 0 Å². The number of hydrogen-bond acceptors (Lipinski definition) is 6. The topological polar surface area (TPSA) is 98.3 Å². The van der Waals surface area contributed by atoms with Crippen molar-refractivity contribution < 1.29 is 23.8 Å². The van der Waals surface area contributed by atoms with Crippen molar-refractivity contribution in [2.45, 2.75) is 6.92 Å². The molecule has 0 aliphatic carbocycles. The van der Waals surface area contributed by atoms with Gasteiger partial charge < -0.3 is 19.5 Å². The van der Waals surface area contributed by atoms with Crippen molar-refractivity contribution in [3.63, 3.8) is 0 Å². The van der Waals surface area contributed by atoms with Crippen LogP contribution in [0.5, 0.6) is 17.2 Å². The van der Waals surface area contributed by atoms with Gasteiger partial charge in [-0.05, 0) is 85.3 Å². The molecule has 0 aromatic heterocycles. The largest absolute Gasteiger partial charge is 0.497 e. The van der Waals surface area contributed by atoms with Gasteiger partial charge in [-0.1, -0.05) is 0 Å². The average molecular weight is 447 g/mol. The van der Waals surface area contributed by atoms with Crippen LogP contribution in [0, 0.1) is 0 Å². The van der Waals surface area contributed by atoms with Crippen molar-refractivity contribution in [3.8, 4) is 17.2 Å². The van der Waals surface area contributed by atoms with Crippen LogP contribution >= 0.6 is 0 Å². The Kier molecular flexibility index (Phi) is 8.41. The lowest BCUT2D eigenvalue weighted by molar-refractivity contribution is -0.118. The zero-order valence-corrected chi connectivity index (χ0v) is 18.4. The molecule has 0 unspecified atom stereocenters. The minimum absolute atomic E-state index is 0.126. The van der Waals surface area contributed by atoms with Gasteiger partial charge in [0.15, 0.2) is 6.61 Å². The predicted octanol–water partition coefficient (Wildman–Crippen LogP) is 3.88. The molecular formula is C25H25N3O5. The Balaban J connectivity index is 1.43. The molecule has 0 saturated carbocycles. The summed E-state index contributed by atoms with van der Waals surface area (Å²) in [5, 5.41) is 6.72. The van der Waals surface area contributed by atoms with E-state index in [0.29, 0.717) is 29.4 Å². The van der Waals surface area contributed by atoms with Gasteiger partial charge in [0.25, 0.3) is 11.8 Å². The minimum atomic E-state index is -0.326. The molecule has 0 bridgehead atoms. The summed E-state index contributed by atoms with van der Waals surface area (Å²) in [6, 6.07) is 20.8. The van der Waals surface area contributed by atoms with Gasteiger partial charge in [-0.2, -0.15) is 5.10 Å². The monoisotopic (exact) mass is 447 g/mol. The molecule has 3 rings (SSSR count). The van der Waals surface area contributed by atoms with E-state index >= 15 is 0 Å². The number of amides is 2. The second-order valence-corrected chi connectivity index (χ2v) is 6.79. The molecule has 0 aliphatic heterocycles. The zero-order valence-electron chi connectivity index (χ0n) is 18.4. The molecule has 0 saturated heterocycles. The molecule has 3 aromatic rings. The van der Waals surface area contributed by atoms with E-state index < -0.39 is 0 Å². The molecule has 0 fully saturated rings. The molecule has 8 nitrogen and oxygen atoms in total. The van der Waals surface area contributed by atoms with Crippen LogP contribution in [-0.4, -0.2) is 38.4 Å². The van der Waals surface area contributed by atoms with Crippen LogP contribution in [-0.2, 0) is 4.79 Å². The van der Waals surface area contributed by atoms with Gasteiger partial charge in [-0.3, -0.25) is 9.59 Å². The van der Waals surface area contributed by atoms with Gasteiger partial charge in [0.2, 0.25) is 0 Å². The van der Waals surface area contributed by atoms with E-state index in [4.69, 9.17) is 14.2 Å². The van der Waals surface area contributed by atoms with Gasteiger partial charge >= 0.3 is 0 Å². The minimum Gasteiger partial charge on any atom is -0.497 e. The maximum absolute atomic E-state index is 12.1. The Morgan fingerprint density at radius 1 is 0.848 bits per heavy atom. The molecule has 2 amide bonds. The van der Waals surface area contributed by atoms with E-state index in [1.54, 1.807) is 79.9 Å². The molecule has 33 heavy (non-hydrogen) atoms. The third-order valence-electron chi connectivity index (χ3n) is 4.43. The van der Waals surface area contributed by atoms with Crippen LogP contribution < -0.4 is 25.0 Å². The number of carbonyl (C=O) groups is 2. The van der Waals surface area contributed by atoms with Crippen molar-refractivity contribution in [2.75, 3.05) is 25.6 Å². The van der Waals surface area contributed by atoms with E-state index in [1.807, 2.05) is 6.92 Å². The number of carbonyl (C=O) groups excluding carboxylic acids is 2. The molecule has 2 N–H and O–H groups in total. The Labute approximate surface area is 192 Å². The van der Waals surface area contributed by atoms with Crippen LogP contribution in [0.2, 0.25) is 0 Å². The SMILES string of the molecule is CCOc1ccc(NC(=O)COc2ccc(/C=N\NC(=O)c3ccc(OC)cc3)cc2)cc1. The van der Waals surface area contributed by atoms with Crippen LogP contribution in [0.4, 0.5) is 5.69 Å². The first kappa shape index (κ1) is 23.3. The van der Waals surface area contributed by atoms with Crippen LogP contribution in [0.3, 0.4) is 0 Å². The van der Waals surface area contributed by atoms with Crippen LogP contribution in [0.25, 0.3) is 0 Å². The predicted molar refractivity (Wildman–Crippen MR) is 126 cm³/mol. The Morgan fingerprint density at radius 2 is 1.45 bits per heavy atom. The number of anilines is 1. The van der Waals surface area contributed by atoms with Crippen molar-refractivity contribution >= 4 is 23.7 Å². The van der Waals surface area contributed by atoms with E-state index in [2.05, 4.69) is 15.8 Å². The molecule has 170 valence electrons. The number of hydrazone groups is 1. The summed E-state index contributed by atoms with van der Waals surface area (Å²) < 4.78 is 16.0. The van der Waals surface area contributed by atoms with Gasteiger partial charge in [0.1, 0.15) is 17.2 Å². The highest BCUT2D eigenvalue weighted by Gasteiger charge is 2.05. The molecule has 0 radical (unpaired) electrons. The second kappa shape index (κ2) is 11.9. The number of ether oxygens (including phenoxy) is 3. The summed E-state index contributed by atoms with van der Waals surface area (Å²) in [5.41, 5.74) is 4.37. The number of benzene rings is 3. The first-order chi connectivity index (χ1) is 16.1. The first-order valence-electron chi connectivity index (χ1n) is 10.3. The average Bonchev–Trinajstić information content (AvgIpc) is 2.85. The van der Waals surface area contributed by atoms with Crippen molar-refractivity contribution in [2.24, 2.45) is 5.10 Å². The maximum Gasteiger partial charge on any atom is 0.271 e. The number of nitrogens with zero attached hydrogens (tertiary/aromatic N) is 1. The van der Waals surface area contributed by atoms with Crippen molar-refractivity contribution in [3.05, 3.63) is 83.9 Å². The van der Waals surface area contributed by atoms with E-state index in [1.165, 1.54) is 6.21 Å². The Hall–Kier alpha value is -4.33. The first-order valence-corrected chi connectivity index (χ1v) is 10.3. The molecule has 8 heteroatoms. The summed E-state index contributed by atoms with van der Waals surface area (Å²) in [5.74, 6) is 1.36. The Bertz CT molecular complexity index is 1080. The fourth-order valence-corrected chi connectivity index (χ4v) is 2.77. The molecule has 0 aliphatic rings. The summed E-state index contributed by atoms with van der Waals surface area (Å²) >= 11 is 0. The molecule has 0 heterocycles. The molecule has 0 atom stereocenters. The number of hydrogen-bond donors (Lipinski definition) is 2. The smallest absolute Gasteiger partial charge is 0.271 e. The Morgan fingerprint density at radius 3 is 2.09 bits per heavy atom. The molecule has 3 aromatic carbocycles. The summed E-state index contributed by atoms with van der Waals surface area (Å²) in [6.07, 6.45) is 1.52. The molecular weight excluding hydrogens is 422 g/mol. The highest BCUT2D eigenvalue weighted by Crippen LogP contribution is 2.16. The lowest BCUT2D eigenvalue weighted by Crippen LogP contribution is -2.20. The van der Waals surface area contributed by atoms with Gasteiger partial charge in [0.05, 0.1) is 19.9 Å². The van der Waals surface area contributed by atoms with Gasteiger partial charge in [-0.25, -0.2) is 5.43 Å². The van der Waals surface area contributed by atoms with Crippen LogP contribution in [0.15, 0.2) is 77.9 Å². The fraction of sp³-hybridized carbons (Fsp3) is 0.160. The second-order valence-electron chi connectivity index (χ2n) is 6.79. The third-order valence-corrected chi connectivity index (χ3v) is 4.43. The third kappa shape index (κ3) is 7.39.